The molecule has 0 radical (unpaired) electrons. The standard InChI is InChI=1S/C16H19NO4/c1-21-13-7-3-6-12-15(13)14-10(16(19)20)4-2-5-11(14)17(12)8-9-18/h3,6-7,10,18H,2,4-5,8-9H2,1H3,(H,19,20). The van der Waals surface area contributed by atoms with E-state index in [1.165, 1.54) is 0 Å². The van der Waals surface area contributed by atoms with E-state index in [-0.39, 0.29) is 6.61 Å². The lowest BCUT2D eigenvalue weighted by Gasteiger charge is -2.21. The summed E-state index contributed by atoms with van der Waals surface area (Å²) in [6.07, 6.45) is 2.35. The van der Waals surface area contributed by atoms with Gasteiger partial charge < -0.3 is 19.5 Å². The summed E-state index contributed by atoms with van der Waals surface area (Å²) in [5.41, 5.74) is 2.85. The first-order chi connectivity index (χ1) is 10.2. The molecule has 2 N–H and O–H groups in total. The zero-order valence-corrected chi connectivity index (χ0v) is 12.0. The SMILES string of the molecule is COc1cccc2c1c1c(n2CCO)CCCC1C(=O)O. The molecule has 1 aliphatic carbocycles. The molecule has 1 heterocycles. The lowest BCUT2D eigenvalue weighted by atomic mass is 9.85. The van der Waals surface area contributed by atoms with Crippen molar-refractivity contribution in [1.29, 1.82) is 0 Å². The Morgan fingerprint density at radius 3 is 2.95 bits per heavy atom. The summed E-state index contributed by atoms with van der Waals surface area (Å²) in [6.45, 7) is 0.510. The van der Waals surface area contributed by atoms with Crippen LogP contribution in [0.4, 0.5) is 0 Å². The van der Waals surface area contributed by atoms with E-state index in [1.54, 1.807) is 7.11 Å². The zero-order valence-electron chi connectivity index (χ0n) is 12.0. The second-order valence-corrected chi connectivity index (χ2v) is 5.37. The van der Waals surface area contributed by atoms with Crippen LogP contribution < -0.4 is 4.74 Å². The highest BCUT2D eigenvalue weighted by Crippen LogP contribution is 2.42. The van der Waals surface area contributed by atoms with Gasteiger partial charge in [-0.05, 0) is 37.0 Å². The third-order valence-electron chi connectivity index (χ3n) is 4.30. The quantitative estimate of drug-likeness (QED) is 0.904. The van der Waals surface area contributed by atoms with Gasteiger partial charge in [-0.2, -0.15) is 0 Å². The number of aliphatic carboxylic acids is 1. The van der Waals surface area contributed by atoms with Gasteiger partial charge >= 0.3 is 5.97 Å². The molecule has 0 bridgehead atoms. The van der Waals surface area contributed by atoms with E-state index in [1.807, 2.05) is 22.8 Å². The minimum absolute atomic E-state index is 0.0329. The lowest BCUT2D eigenvalue weighted by molar-refractivity contribution is -0.139. The van der Waals surface area contributed by atoms with Crippen LogP contribution in [0.3, 0.4) is 0 Å². The van der Waals surface area contributed by atoms with Crippen LogP contribution in [-0.4, -0.2) is 34.5 Å². The number of carboxylic acid groups (broad SMARTS) is 1. The predicted octanol–water partition coefficient (Wildman–Crippen LogP) is 2.15. The number of nitrogens with zero attached hydrogens (tertiary/aromatic N) is 1. The number of methoxy groups -OCH3 is 1. The summed E-state index contributed by atoms with van der Waals surface area (Å²) in [4.78, 5) is 11.6. The van der Waals surface area contributed by atoms with E-state index >= 15 is 0 Å². The number of ether oxygens (including phenoxy) is 1. The van der Waals surface area contributed by atoms with Gasteiger partial charge in [-0.1, -0.05) is 6.07 Å². The molecular formula is C16H19NO4. The fourth-order valence-electron chi connectivity index (χ4n) is 3.49. The van der Waals surface area contributed by atoms with Crippen LogP contribution in [0.5, 0.6) is 5.75 Å². The number of carboxylic acids is 1. The molecule has 112 valence electrons. The van der Waals surface area contributed by atoms with Crippen molar-refractivity contribution >= 4 is 16.9 Å². The molecule has 0 spiro atoms. The fraction of sp³-hybridized carbons (Fsp3) is 0.438. The molecule has 0 saturated heterocycles. The smallest absolute Gasteiger partial charge is 0.311 e. The van der Waals surface area contributed by atoms with Gasteiger partial charge in [0, 0.05) is 17.6 Å². The molecule has 2 aromatic rings. The third-order valence-corrected chi connectivity index (χ3v) is 4.30. The normalized spacial score (nSPS) is 17.7. The number of fused-ring (bicyclic) bond motifs is 3. The van der Waals surface area contributed by atoms with Gasteiger partial charge in [0.05, 0.1) is 25.2 Å². The second-order valence-electron chi connectivity index (χ2n) is 5.37. The first-order valence-electron chi connectivity index (χ1n) is 7.20. The summed E-state index contributed by atoms with van der Waals surface area (Å²) in [5.74, 6) is -0.578. The third kappa shape index (κ3) is 2.08. The van der Waals surface area contributed by atoms with Crippen molar-refractivity contribution < 1.29 is 19.7 Å². The van der Waals surface area contributed by atoms with Crippen LogP contribution in [0, 0.1) is 0 Å². The maximum absolute atomic E-state index is 11.6. The molecule has 1 aromatic heterocycles. The van der Waals surface area contributed by atoms with Gasteiger partial charge in [0.25, 0.3) is 0 Å². The van der Waals surface area contributed by atoms with Crippen molar-refractivity contribution in [3.63, 3.8) is 0 Å². The maximum Gasteiger partial charge on any atom is 0.311 e. The highest BCUT2D eigenvalue weighted by Gasteiger charge is 2.32. The van der Waals surface area contributed by atoms with Crippen molar-refractivity contribution in [1.82, 2.24) is 4.57 Å². The van der Waals surface area contributed by atoms with Crippen LogP contribution in [0.2, 0.25) is 0 Å². The molecule has 0 saturated carbocycles. The minimum atomic E-state index is -0.787. The molecule has 3 rings (SSSR count). The highest BCUT2D eigenvalue weighted by atomic mass is 16.5. The largest absolute Gasteiger partial charge is 0.496 e. The Balaban J connectivity index is 2.36. The molecule has 5 heteroatoms. The average Bonchev–Trinajstić information content (AvgIpc) is 2.82. The summed E-state index contributed by atoms with van der Waals surface area (Å²) in [7, 11) is 1.60. The Hall–Kier alpha value is -2.01. The number of rotatable bonds is 4. The molecule has 1 unspecified atom stereocenters. The van der Waals surface area contributed by atoms with Gasteiger partial charge in [-0.25, -0.2) is 0 Å². The van der Waals surface area contributed by atoms with Gasteiger partial charge in [0.15, 0.2) is 0 Å². The van der Waals surface area contributed by atoms with E-state index in [0.29, 0.717) is 18.7 Å². The number of carbonyl (C=O) groups is 1. The summed E-state index contributed by atoms with van der Waals surface area (Å²) >= 11 is 0. The Labute approximate surface area is 122 Å². The molecule has 1 atom stereocenters. The first-order valence-corrected chi connectivity index (χ1v) is 7.20. The molecular weight excluding hydrogens is 270 g/mol. The topological polar surface area (TPSA) is 71.7 Å². The van der Waals surface area contributed by atoms with E-state index in [0.717, 1.165) is 35.0 Å². The second kappa shape index (κ2) is 5.41. The molecule has 21 heavy (non-hydrogen) atoms. The van der Waals surface area contributed by atoms with Crippen molar-refractivity contribution in [3.8, 4) is 5.75 Å². The van der Waals surface area contributed by atoms with Crippen LogP contribution >= 0.6 is 0 Å². The molecule has 5 nitrogen and oxygen atoms in total. The summed E-state index contributed by atoms with van der Waals surface area (Å²) < 4.78 is 7.49. The number of aromatic nitrogens is 1. The average molecular weight is 289 g/mol. The molecule has 0 fully saturated rings. The van der Waals surface area contributed by atoms with Crippen LogP contribution in [0.15, 0.2) is 18.2 Å². The van der Waals surface area contributed by atoms with E-state index in [9.17, 15) is 15.0 Å². The Kier molecular flexibility index (Phi) is 3.59. The number of benzene rings is 1. The van der Waals surface area contributed by atoms with Crippen molar-refractivity contribution in [3.05, 3.63) is 29.5 Å². The molecule has 0 amide bonds. The summed E-state index contributed by atoms with van der Waals surface area (Å²) in [5, 5.41) is 19.8. The Bertz CT molecular complexity index is 689. The fourth-order valence-corrected chi connectivity index (χ4v) is 3.49. The monoisotopic (exact) mass is 289 g/mol. The van der Waals surface area contributed by atoms with Gasteiger partial charge in [0.1, 0.15) is 5.75 Å². The Morgan fingerprint density at radius 1 is 1.48 bits per heavy atom. The van der Waals surface area contributed by atoms with Gasteiger partial charge in [-0.3, -0.25) is 4.79 Å². The zero-order chi connectivity index (χ0) is 15.0. The molecule has 1 aromatic carbocycles. The van der Waals surface area contributed by atoms with Crippen molar-refractivity contribution in [2.24, 2.45) is 0 Å². The van der Waals surface area contributed by atoms with E-state index < -0.39 is 11.9 Å². The van der Waals surface area contributed by atoms with Crippen LogP contribution in [0.1, 0.15) is 30.0 Å². The highest BCUT2D eigenvalue weighted by molar-refractivity contribution is 5.96. The van der Waals surface area contributed by atoms with Crippen molar-refractivity contribution in [2.45, 2.75) is 31.7 Å². The minimum Gasteiger partial charge on any atom is -0.496 e. The van der Waals surface area contributed by atoms with E-state index in [4.69, 9.17) is 4.74 Å². The van der Waals surface area contributed by atoms with Crippen LogP contribution in [-0.2, 0) is 17.8 Å². The van der Waals surface area contributed by atoms with Crippen molar-refractivity contribution in [2.75, 3.05) is 13.7 Å². The number of aliphatic hydroxyl groups excluding tert-OH is 1. The predicted molar refractivity (Wildman–Crippen MR) is 78.9 cm³/mol. The number of hydrogen-bond acceptors (Lipinski definition) is 3. The van der Waals surface area contributed by atoms with Gasteiger partial charge in [0.2, 0.25) is 0 Å². The number of aliphatic hydroxyl groups is 1. The summed E-state index contributed by atoms with van der Waals surface area (Å²) in [6, 6.07) is 5.72. The van der Waals surface area contributed by atoms with E-state index in [2.05, 4.69) is 0 Å². The Morgan fingerprint density at radius 2 is 2.29 bits per heavy atom. The first kappa shape index (κ1) is 13.9. The molecule has 0 aliphatic heterocycles. The van der Waals surface area contributed by atoms with Crippen LogP contribution in [0.25, 0.3) is 10.9 Å². The van der Waals surface area contributed by atoms with Gasteiger partial charge in [-0.15, -0.1) is 0 Å². The molecule has 1 aliphatic rings. The number of hydrogen-bond donors (Lipinski definition) is 2. The maximum atomic E-state index is 11.6. The lowest BCUT2D eigenvalue weighted by Crippen LogP contribution is -2.19.